The SMILES string of the molecule is NCC1(O)CCCC1CCN1CCCCC1. The Morgan fingerprint density at radius 3 is 2.62 bits per heavy atom. The molecule has 0 aromatic heterocycles. The second-order valence-corrected chi connectivity index (χ2v) is 5.59. The van der Waals surface area contributed by atoms with Gasteiger partial charge in [0, 0.05) is 6.54 Å². The summed E-state index contributed by atoms with van der Waals surface area (Å²) in [6.45, 7) is 4.12. The van der Waals surface area contributed by atoms with Crippen LogP contribution in [0.4, 0.5) is 0 Å². The Morgan fingerprint density at radius 1 is 1.19 bits per heavy atom. The molecule has 0 amide bonds. The quantitative estimate of drug-likeness (QED) is 0.761. The molecule has 1 heterocycles. The minimum absolute atomic E-state index is 0.442. The smallest absolute Gasteiger partial charge is 0.0797 e. The maximum atomic E-state index is 10.3. The number of nitrogens with two attached hydrogens (primary N) is 1. The Bertz CT molecular complexity index is 216. The van der Waals surface area contributed by atoms with Gasteiger partial charge >= 0.3 is 0 Å². The van der Waals surface area contributed by atoms with E-state index < -0.39 is 5.60 Å². The lowest BCUT2D eigenvalue weighted by molar-refractivity contribution is 0.00397. The molecule has 16 heavy (non-hydrogen) atoms. The highest BCUT2D eigenvalue weighted by atomic mass is 16.3. The van der Waals surface area contributed by atoms with Crippen LogP contribution in [0, 0.1) is 5.92 Å². The average molecular weight is 226 g/mol. The van der Waals surface area contributed by atoms with Gasteiger partial charge in [0.25, 0.3) is 0 Å². The molecule has 1 aliphatic heterocycles. The minimum atomic E-state index is -0.546. The largest absolute Gasteiger partial charge is 0.388 e. The first-order valence-corrected chi connectivity index (χ1v) is 6.89. The first-order valence-electron chi connectivity index (χ1n) is 6.89. The topological polar surface area (TPSA) is 49.5 Å². The van der Waals surface area contributed by atoms with Gasteiger partial charge in [-0.1, -0.05) is 12.8 Å². The lowest BCUT2D eigenvalue weighted by Gasteiger charge is -2.32. The van der Waals surface area contributed by atoms with Crippen molar-refractivity contribution < 1.29 is 5.11 Å². The van der Waals surface area contributed by atoms with E-state index in [-0.39, 0.29) is 0 Å². The fourth-order valence-electron chi connectivity index (χ4n) is 3.33. The summed E-state index contributed by atoms with van der Waals surface area (Å²) in [5.41, 5.74) is 5.16. The van der Waals surface area contributed by atoms with Gasteiger partial charge in [-0.2, -0.15) is 0 Å². The second kappa shape index (κ2) is 5.48. The van der Waals surface area contributed by atoms with Gasteiger partial charge in [-0.15, -0.1) is 0 Å². The molecule has 0 aromatic rings. The Morgan fingerprint density at radius 2 is 1.94 bits per heavy atom. The van der Waals surface area contributed by atoms with Gasteiger partial charge in [0.1, 0.15) is 0 Å². The van der Waals surface area contributed by atoms with Gasteiger partial charge in [0.15, 0.2) is 0 Å². The maximum absolute atomic E-state index is 10.3. The van der Waals surface area contributed by atoms with Crippen LogP contribution in [0.15, 0.2) is 0 Å². The van der Waals surface area contributed by atoms with Gasteiger partial charge in [0.2, 0.25) is 0 Å². The summed E-state index contributed by atoms with van der Waals surface area (Å²) in [6.07, 6.45) is 8.46. The van der Waals surface area contributed by atoms with E-state index in [2.05, 4.69) is 4.90 Å². The van der Waals surface area contributed by atoms with E-state index in [4.69, 9.17) is 5.73 Å². The number of nitrogens with zero attached hydrogens (tertiary/aromatic N) is 1. The van der Waals surface area contributed by atoms with Gasteiger partial charge < -0.3 is 15.7 Å². The highest BCUT2D eigenvalue weighted by Gasteiger charge is 2.39. The molecule has 2 rings (SSSR count). The molecule has 2 unspecified atom stereocenters. The molecule has 1 saturated heterocycles. The Balaban J connectivity index is 1.76. The van der Waals surface area contributed by atoms with Crippen molar-refractivity contribution in [2.24, 2.45) is 11.7 Å². The van der Waals surface area contributed by atoms with E-state index in [1.54, 1.807) is 0 Å². The Kier molecular flexibility index (Phi) is 4.22. The number of hydrogen-bond donors (Lipinski definition) is 2. The highest BCUT2D eigenvalue weighted by molar-refractivity contribution is 4.93. The van der Waals surface area contributed by atoms with E-state index in [0.29, 0.717) is 12.5 Å². The predicted molar refractivity (Wildman–Crippen MR) is 66.3 cm³/mol. The first-order chi connectivity index (χ1) is 7.74. The standard InChI is InChI=1S/C13H26N2O/c14-11-13(16)7-4-5-12(13)6-10-15-8-2-1-3-9-15/h12,16H,1-11,14H2. The van der Waals surface area contributed by atoms with Crippen molar-refractivity contribution in [2.75, 3.05) is 26.2 Å². The maximum Gasteiger partial charge on any atom is 0.0797 e. The number of aliphatic hydroxyl groups is 1. The summed E-state index contributed by atoms with van der Waals surface area (Å²) in [4.78, 5) is 2.55. The summed E-state index contributed by atoms with van der Waals surface area (Å²) in [5.74, 6) is 0.444. The first kappa shape index (κ1) is 12.3. The van der Waals surface area contributed by atoms with Crippen LogP contribution in [-0.2, 0) is 0 Å². The van der Waals surface area contributed by atoms with Crippen molar-refractivity contribution in [3.63, 3.8) is 0 Å². The molecule has 1 aliphatic carbocycles. The number of rotatable bonds is 4. The zero-order chi connectivity index (χ0) is 11.4. The molecule has 3 nitrogen and oxygen atoms in total. The number of hydrogen-bond acceptors (Lipinski definition) is 3. The van der Waals surface area contributed by atoms with E-state index in [9.17, 15) is 5.11 Å². The van der Waals surface area contributed by atoms with Crippen molar-refractivity contribution >= 4 is 0 Å². The van der Waals surface area contributed by atoms with Crippen molar-refractivity contribution in [3.8, 4) is 0 Å². The van der Waals surface area contributed by atoms with Gasteiger partial charge in [-0.25, -0.2) is 0 Å². The predicted octanol–water partition coefficient (Wildman–Crippen LogP) is 1.35. The van der Waals surface area contributed by atoms with Crippen LogP contribution in [0.3, 0.4) is 0 Å². The summed E-state index contributed by atoms with van der Waals surface area (Å²) in [6, 6.07) is 0. The molecule has 2 atom stereocenters. The van der Waals surface area contributed by atoms with Gasteiger partial charge in [-0.3, -0.25) is 0 Å². The van der Waals surface area contributed by atoms with Gasteiger partial charge in [0.05, 0.1) is 5.60 Å². The third kappa shape index (κ3) is 2.76. The van der Waals surface area contributed by atoms with E-state index in [1.807, 2.05) is 0 Å². The molecule has 0 radical (unpaired) electrons. The number of piperidine rings is 1. The normalized spacial score (nSPS) is 36.8. The zero-order valence-electron chi connectivity index (χ0n) is 10.3. The third-order valence-corrected chi connectivity index (χ3v) is 4.52. The fourth-order valence-corrected chi connectivity index (χ4v) is 3.33. The van der Waals surface area contributed by atoms with E-state index >= 15 is 0 Å². The molecule has 1 saturated carbocycles. The minimum Gasteiger partial charge on any atom is -0.388 e. The van der Waals surface area contributed by atoms with Crippen LogP contribution in [0.25, 0.3) is 0 Å². The molecule has 94 valence electrons. The van der Waals surface area contributed by atoms with Crippen LogP contribution >= 0.6 is 0 Å². The van der Waals surface area contributed by atoms with E-state index in [1.165, 1.54) is 38.8 Å². The van der Waals surface area contributed by atoms with Crippen LogP contribution in [0.5, 0.6) is 0 Å². The molecule has 2 aliphatic rings. The highest BCUT2D eigenvalue weighted by Crippen LogP contribution is 2.37. The second-order valence-electron chi connectivity index (χ2n) is 5.59. The fraction of sp³-hybridized carbons (Fsp3) is 1.00. The molecule has 0 aromatic carbocycles. The summed E-state index contributed by atoms with van der Waals surface area (Å²) >= 11 is 0. The van der Waals surface area contributed by atoms with Crippen molar-refractivity contribution in [2.45, 2.75) is 50.5 Å². The van der Waals surface area contributed by atoms with Crippen LogP contribution in [0.2, 0.25) is 0 Å². The van der Waals surface area contributed by atoms with Crippen LogP contribution in [0.1, 0.15) is 44.9 Å². The molecular weight excluding hydrogens is 200 g/mol. The lowest BCUT2D eigenvalue weighted by Crippen LogP contribution is -2.42. The average Bonchev–Trinajstić information content (AvgIpc) is 2.70. The van der Waals surface area contributed by atoms with Crippen LogP contribution in [-0.4, -0.2) is 41.8 Å². The lowest BCUT2D eigenvalue weighted by atomic mass is 9.88. The molecule has 3 heteroatoms. The van der Waals surface area contributed by atoms with Gasteiger partial charge in [-0.05, 0) is 57.7 Å². The monoisotopic (exact) mass is 226 g/mol. The number of likely N-dealkylation sites (tertiary alicyclic amines) is 1. The van der Waals surface area contributed by atoms with Crippen LogP contribution < -0.4 is 5.73 Å². The van der Waals surface area contributed by atoms with Crippen molar-refractivity contribution in [1.82, 2.24) is 4.90 Å². The van der Waals surface area contributed by atoms with Crippen molar-refractivity contribution in [1.29, 1.82) is 0 Å². The Hall–Kier alpha value is -0.120. The molecular formula is C13H26N2O. The summed E-state index contributed by atoms with van der Waals surface area (Å²) in [5, 5.41) is 10.3. The Labute approximate surface area is 99.0 Å². The summed E-state index contributed by atoms with van der Waals surface area (Å²) in [7, 11) is 0. The van der Waals surface area contributed by atoms with Crippen molar-refractivity contribution in [3.05, 3.63) is 0 Å². The molecule has 2 fully saturated rings. The molecule has 0 bridgehead atoms. The molecule has 0 spiro atoms. The summed E-state index contributed by atoms with van der Waals surface area (Å²) < 4.78 is 0. The third-order valence-electron chi connectivity index (χ3n) is 4.52. The zero-order valence-corrected chi connectivity index (χ0v) is 10.3. The van der Waals surface area contributed by atoms with E-state index in [0.717, 1.165) is 25.8 Å². The molecule has 3 N–H and O–H groups in total.